The molecule has 0 fully saturated rings. The van der Waals surface area contributed by atoms with E-state index in [1.54, 1.807) is 18.3 Å². The molecular formula is C22H20Cl2N4O2S. The van der Waals surface area contributed by atoms with Gasteiger partial charge in [-0.3, -0.25) is 4.79 Å². The van der Waals surface area contributed by atoms with Crippen LogP contribution in [0.5, 0.6) is 5.75 Å². The summed E-state index contributed by atoms with van der Waals surface area (Å²) in [5, 5.41) is 5.57. The number of nitrogens with zero attached hydrogens (tertiary/aromatic N) is 3. The van der Waals surface area contributed by atoms with Crippen molar-refractivity contribution in [1.29, 1.82) is 0 Å². The monoisotopic (exact) mass is 474 g/mol. The van der Waals surface area contributed by atoms with Crippen molar-refractivity contribution in [1.82, 2.24) is 15.4 Å². The normalized spacial score (nSPS) is 11.0. The Hall–Kier alpha value is -2.61. The number of rotatable bonds is 8. The van der Waals surface area contributed by atoms with Gasteiger partial charge in [-0.05, 0) is 49.7 Å². The summed E-state index contributed by atoms with van der Waals surface area (Å²) in [5.74, 6) is 0.540. The van der Waals surface area contributed by atoms with Gasteiger partial charge in [-0.25, -0.2) is 15.4 Å². The first-order valence-corrected chi connectivity index (χ1v) is 11.1. The minimum Gasteiger partial charge on any atom is -0.488 e. The molecule has 1 aromatic heterocycles. The molecule has 0 aliphatic carbocycles. The standard InChI is InChI=1S/C22H20Cl2N4O2S/c1-14-9-15(2)27-22(26-14)31-13-21(29)28-25-11-17-5-3-4-6-20(17)30-12-16-7-8-18(23)19(24)10-16/h3-11H,12-13H2,1-2H3,(H,28,29)/b25-11-. The first kappa shape index (κ1) is 23.1. The second-order valence-electron chi connectivity index (χ2n) is 6.59. The van der Waals surface area contributed by atoms with Crippen molar-refractivity contribution in [2.75, 3.05) is 5.75 Å². The summed E-state index contributed by atoms with van der Waals surface area (Å²) in [5.41, 5.74) is 5.86. The van der Waals surface area contributed by atoms with Crippen molar-refractivity contribution in [2.24, 2.45) is 5.10 Å². The number of carbonyl (C=O) groups excluding carboxylic acids is 1. The van der Waals surface area contributed by atoms with E-state index < -0.39 is 0 Å². The third kappa shape index (κ3) is 7.24. The Bertz CT molecular complexity index is 1090. The zero-order valence-electron chi connectivity index (χ0n) is 16.9. The Kier molecular flexibility index (Phi) is 8.28. The lowest BCUT2D eigenvalue weighted by Gasteiger charge is -2.09. The summed E-state index contributed by atoms with van der Waals surface area (Å²) < 4.78 is 5.88. The number of hydrogen-bond donors (Lipinski definition) is 1. The number of benzene rings is 2. The molecule has 3 rings (SSSR count). The van der Waals surface area contributed by atoms with E-state index in [1.165, 1.54) is 11.8 Å². The van der Waals surface area contributed by atoms with Gasteiger partial charge in [0.15, 0.2) is 5.16 Å². The number of nitrogens with one attached hydrogen (secondary N) is 1. The van der Waals surface area contributed by atoms with E-state index in [4.69, 9.17) is 27.9 Å². The fourth-order valence-electron chi connectivity index (χ4n) is 2.60. The van der Waals surface area contributed by atoms with Crippen LogP contribution < -0.4 is 10.2 Å². The average molecular weight is 475 g/mol. The average Bonchev–Trinajstić information content (AvgIpc) is 2.73. The summed E-state index contributed by atoms with van der Waals surface area (Å²) in [4.78, 5) is 20.7. The Labute approximate surface area is 195 Å². The van der Waals surface area contributed by atoms with Gasteiger partial charge in [0, 0.05) is 17.0 Å². The van der Waals surface area contributed by atoms with Crippen LogP contribution in [0.2, 0.25) is 10.0 Å². The SMILES string of the molecule is Cc1cc(C)nc(SCC(=O)N/N=C\c2ccccc2OCc2ccc(Cl)c(Cl)c2)n1. The van der Waals surface area contributed by atoms with E-state index in [0.717, 1.165) is 22.5 Å². The molecule has 160 valence electrons. The Morgan fingerprint density at radius 1 is 1.10 bits per heavy atom. The molecule has 3 aromatic rings. The van der Waals surface area contributed by atoms with Gasteiger partial charge in [0.05, 0.1) is 22.0 Å². The predicted octanol–water partition coefficient (Wildman–Crippen LogP) is 5.22. The lowest BCUT2D eigenvalue weighted by molar-refractivity contribution is -0.118. The minimum absolute atomic E-state index is 0.162. The van der Waals surface area contributed by atoms with Crippen LogP contribution in [-0.2, 0) is 11.4 Å². The number of hydrogen-bond acceptors (Lipinski definition) is 6. The van der Waals surface area contributed by atoms with Gasteiger partial charge in [0.2, 0.25) is 0 Å². The molecule has 0 saturated carbocycles. The van der Waals surface area contributed by atoms with E-state index in [1.807, 2.05) is 50.2 Å². The molecule has 1 heterocycles. The van der Waals surface area contributed by atoms with E-state index in [2.05, 4.69) is 20.5 Å². The summed E-state index contributed by atoms with van der Waals surface area (Å²) in [6.07, 6.45) is 1.54. The number of aryl methyl sites for hydroxylation is 2. The number of thioether (sulfide) groups is 1. The summed E-state index contributed by atoms with van der Waals surface area (Å²) in [7, 11) is 0. The molecule has 0 saturated heterocycles. The van der Waals surface area contributed by atoms with Gasteiger partial charge in [-0.2, -0.15) is 5.10 Å². The number of hydrazone groups is 1. The van der Waals surface area contributed by atoms with E-state index in [0.29, 0.717) is 27.6 Å². The lowest BCUT2D eigenvalue weighted by Crippen LogP contribution is -2.20. The molecule has 0 bridgehead atoms. The number of para-hydroxylation sites is 1. The molecule has 1 N–H and O–H groups in total. The van der Waals surface area contributed by atoms with Crippen molar-refractivity contribution >= 4 is 47.1 Å². The molecule has 0 radical (unpaired) electrons. The van der Waals surface area contributed by atoms with Gasteiger partial charge in [-0.15, -0.1) is 0 Å². The van der Waals surface area contributed by atoms with Gasteiger partial charge in [0.1, 0.15) is 12.4 Å². The van der Waals surface area contributed by atoms with Crippen LogP contribution in [0, 0.1) is 13.8 Å². The summed E-state index contributed by atoms with van der Waals surface area (Å²) >= 11 is 13.3. The van der Waals surface area contributed by atoms with E-state index >= 15 is 0 Å². The van der Waals surface area contributed by atoms with Crippen molar-refractivity contribution in [2.45, 2.75) is 25.6 Å². The predicted molar refractivity (Wildman–Crippen MR) is 125 cm³/mol. The lowest BCUT2D eigenvalue weighted by atomic mass is 10.2. The van der Waals surface area contributed by atoms with Crippen molar-refractivity contribution < 1.29 is 9.53 Å². The summed E-state index contributed by atoms with van der Waals surface area (Å²) in [6.45, 7) is 4.11. The zero-order chi connectivity index (χ0) is 22.2. The molecule has 0 aliphatic rings. The fourth-order valence-corrected chi connectivity index (χ4v) is 3.67. The van der Waals surface area contributed by atoms with Crippen LogP contribution in [0.1, 0.15) is 22.5 Å². The second kappa shape index (κ2) is 11.1. The van der Waals surface area contributed by atoms with Crippen molar-refractivity contribution in [3.05, 3.63) is 81.1 Å². The Balaban J connectivity index is 1.54. The Morgan fingerprint density at radius 3 is 2.58 bits per heavy atom. The quantitative estimate of drug-likeness (QED) is 0.209. The topological polar surface area (TPSA) is 76.5 Å². The van der Waals surface area contributed by atoms with Gasteiger partial charge < -0.3 is 4.74 Å². The molecule has 2 aromatic carbocycles. The van der Waals surface area contributed by atoms with Crippen LogP contribution in [0.25, 0.3) is 0 Å². The number of carbonyl (C=O) groups is 1. The number of ether oxygens (including phenoxy) is 1. The number of aromatic nitrogens is 2. The molecule has 1 amide bonds. The zero-order valence-corrected chi connectivity index (χ0v) is 19.3. The molecular weight excluding hydrogens is 455 g/mol. The minimum atomic E-state index is -0.252. The number of amides is 1. The third-order valence-corrected chi connectivity index (χ3v) is 5.57. The first-order valence-electron chi connectivity index (χ1n) is 9.33. The molecule has 9 heteroatoms. The van der Waals surface area contributed by atoms with Gasteiger partial charge in [0.25, 0.3) is 5.91 Å². The van der Waals surface area contributed by atoms with Crippen LogP contribution in [0.4, 0.5) is 0 Å². The smallest absolute Gasteiger partial charge is 0.250 e. The van der Waals surface area contributed by atoms with Crippen molar-refractivity contribution in [3.8, 4) is 5.75 Å². The summed E-state index contributed by atoms with van der Waals surface area (Å²) in [6, 6.07) is 14.6. The molecule has 0 aliphatic heterocycles. The number of halogens is 2. The first-order chi connectivity index (χ1) is 14.9. The highest BCUT2D eigenvalue weighted by molar-refractivity contribution is 7.99. The molecule has 31 heavy (non-hydrogen) atoms. The third-order valence-electron chi connectivity index (χ3n) is 3.98. The van der Waals surface area contributed by atoms with Gasteiger partial charge in [-0.1, -0.05) is 53.2 Å². The van der Waals surface area contributed by atoms with Crippen LogP contribution in [-0.4, -0.2) is 27.8 Å². The van der Waals surface area contributed by atoms with Crippen LogP contribution >= 0.6 is 35.0 Å². The molecule has 0 atom stereocenters. The fraction of sp³-hybridized carbons (Fsp3) is 0.182. The van der Waals surface area contributed by atoms with Crippen molar-refractivity contribution in [3.63, 3.8) is 0 Å². The van der Waals surface area contributed by atoms with Gasteiger partial charge >= 0.3 is 0 Å². The Morgan fingerprint density at radius 2 is 1.84 bits per heavy atom. The molecule has 0 spiro atoms. The second-order valence-corrected chi connectivity index (χ2v) is 8.35. The maximum absolute atomic E-state index is 12.1. The highest BCUT2D eigenvalue weighted by atomic mass is 35.5. The highest BCUT2D eigenvalue weighted by Gasteiger charge is 2.06. The molecule has 6 nitrogen and oxygen atoms in total. The largest absolute Gasteiger partial charge is 0.488 e. The van der Waals surface area contributed by atoms with E-state index in [9.17, 15) is 4.79 Å². The highest BCUT2D eigenvalue weighted by Crippen LogP contribution is 2.24. The van der Waals surface area contributed by atoms with Crippen LogP contribution in [0.15, 0.2) is 58.8 Å². The van der Waals surface area contributed by atoms with E-state index in [-0.39, 0.29) is 11.7 Å². The maximum Gasteiger partial charge on any atom is 0.250 e. The molecule has 0 unspecified atom stereocenters. The maximum atomic E-state index is 12.1. The van der Waals surface area contributed by atoms with Crippen LogP contribution in [0.3, 0.4) is 0 Å².